The van der Waals surface area contributed by atoms with E-state index in [-0.39, 0.29) is 28.5 Å². The molecule has 0 aliphatic carbocycles. The Kier molecular flexibility index (Phi) is 5.93. The van der Waals surface area contributed by atoms with Crippen LogP contribution in [-0.2, 0) is 9.53 Å². The molecule has 1 amide bonds. The fourth-order valence-electron chi connectivity index (χ4n) is 2.93. The number of hydrogen-bond acceptors (Lipinski definition) is 5. The molecule has 3 aromatic rings. The Balaban J connectivity index is 2.04. The van der Waals surface area contributed by atoms with Gasteiger partial charge in [0, 0.05) is 17.7 Å². The number of amides is 1. The van der Waals surface area contributed by atoms with E-state index in [0.717, 1.165) is 5.56 Å². The van der Waals surface area contributed by atoms with Gasteiger partial charge in [0.15, 0.2) is 17.1 Å². The van der Waals surface area contributed by atoms with Crippen LogP contribution in [0.5, 0.6) is 0 Å². The molecule has 148 valence electrons. The van der Waals surface area contributed by atoms with E-state index < -0.39 is 18.0 Å². The summed E-state index contributed by atoms with van der Waals surface area (Å²) in [6.45, 7) is 6.94. The summed E-state index contributed by atoms with van der Waals surface area (Å²) in [4.78, 5) is 37.5. The lowest BCUT2D eigenvalue weighted by atomic mass is 10.0. The molecule has 0 radical (unpaired) electrons. The van der Waals surface area contributed by atoms with Crippen LogP contribution >= 0.6 is 0 Å². The number of carbonyl (C=O) groups is 2. The van der Waals surface area contributed by atoms with Crippen molar-refractivity contribution in [2.24, 2.45) is 0 Å². The van der Waals surface area contributed by atoms with Gasteiger partial charge in [0.05, 0.1) is 5.39 Å². The Morgan fingerprint density at radius 2 is 1.90 bits per heavy atom. The molecule has 1 N–H and O–H groups in total. The quantitative estimate of drug-likeness (QED) is 0.512. The number of benzene rings is 2. The smallest absolute Gasteiger partial charge is 0.342 e. The summed E-state index contributed by atoms with van der Waals surface area (Å²) in [5, 5.41) is 2.84. The minimum absolute atomic E-state index is 0.0835. The van der Waals surface area contributed by atoms with E-state index in [1.165, 1.54) is 19.1 Å². The van der Waals surface area contributed by atoms with Gasteiger partial charge in [-0.2, -0.15) is 0 Å². The van der Waals surface area contributed by atoms with Crippen LogP contribution in [0.4, 0.5) is 0 Å². The van der Waals surface area contributed by atoms with Gasteiger partial charge in [-0.1, -0.05) is 42.5 Å². The molecule has 2 aromatic carbocycles. The molecule has 1 heterocycles. The Morgan fingerprint density at radius 3 is 2.59 bits per heavy atom. The van der Waals surface area contributed by atoms with Gasteiger partial charge in [-0.05, 0) is 26.0 Å². The molecule has 1 atom stereocenters. The lowest BCUT2D eigenvalue weighted by molar-refractivity contribution is -0.128. The zero-order chi connectivity index (χ0) is 21.0. The van der Waals surface area contributed by atoms with Crippen molar-refractivity contribution in [1.29, 1.82) is 0 Å². The maximum Gasteiger partial charge on any atom is 0.342 e. The van der Waals surface area contributed by atoms with Crippen LogP contribution in [0.25, 0.3) is 22.3 Å². The van der Waals surface area contributed by atoms with Crippen LogP contribution in [0, 0.1) is 6.92 Å². The van der Waals surface area contributed by atoms with Crippen LogP contribution in [0.2, 0.25) is 0 Å². The fourth-order valence-corrected chi connectivity index (χ4v) is 2.93. The van der Waals surface area contributed by atoms with E-state index in [1.807, 2.05) is 30.3 Å². The zero-order valence-corrected chi connectivity index (χ0v) is 16.2. The van der Waals surface area contributed by atoms with Gasteiger partial charge in [-0.3, -0.25) is 9.59 Å². The summed E-state index contributed by atoms with van der Waals surface area (Å²) in [6.07, 6.45) is 0.516. The van der Waals surface area contributed by atoms with Crippen molar-refractivity contribution in [2.45, 2.75) is 20.0 Å². The van der Waals surface area contributed by atoms with Crippen LogP contribution < -0.4 is 10.7 Å². The molecule has 6 heteroatoms. The molecule has 0 aliphatic heterocycles. The summed E-state index contributed by atoms with van der Waals surface area (Å²) >= 11 is 0. The van der Waals surface area contributed by atoms with E-state index in [2.05, 4.69) is 11.9 Å². The third-order valence-electron chi connectivity index (χ3n) is 4.47. The average molecular weight is 391 g/mol. The number of ether oxygens (including phenoxy) is 1. The molecule has 1 aromatic heterocycles. The highest BCUT2D eigenvalue weighted by Gasteiger charge is 2.23. The maximum absolute atomic E-state index is 12.9. The monoisotopic (exact) mass is 391 g/mol. The largest absolute Gasteiger partial charge is 0.455 e. The summed E-state index contributed by atoms with van der Waals surface area (Å²) in [6, 6.07) is 13.9. The van der Waals surface area contributed by atoms with Crippen molar-refractivity contribution in [1.82, 2.24) is 5.32 Å². The lowest BCUT2D eigenvalue weighted by Gasteiger charge is -2.14. The first kappa shape index (κ1) is 20.1. The van der Waals surface area contributed by atoms with Gasteiger partial charge >= 0.3 is 5.97 Å². The molecule has 29 heavy (non-hydrogen) atoms. The van der Waals surface area contributed by atoms with Crippen molar-refractivity contribution in [3.63, 3.8) is 0 Å². The molecule has 6 nitrogen and oxygen atoms in total. The number of para-hydroxylation sites is 1. The molecule has 0 aliphatic rings. The van der Waals surface area contributed by atoms with E-state index in [9.17, 15) is 14.4 Å². The Labute approximate surface area is 167 Å². The highest BCUT2D eigenvalue weighted by Crippen LogP contribution is 2.27. The molecule has 0 fully saturated rings. The number of hydrogen-bond donors (Lipinski definition) is 1. The molecular weight excluding hydrogens is 370 g/mol. The topological polar surface area (TPSA) is 85.6 Å². The van der Waals surface area contributed by atoms with Crippen molar-refractivity contribution in [2.75, 3.05) is 6.54 Å². The Bertz CT molecular complexity index is 1130. The fraction of sp³-hybridized carbons (Fsp3) is 0.174. The van der Waals surface area contributed by atoms with Crippen LogP contribution in [0.15, 0.2) is 70.4 Å². The Hall–Kier alpha value is -3.67. The molecule has 0 saturated heterocycles. The van der Waals surface area contributed by atoms with Crippen LogP contribution in [-0.4, -0.2) is 24.5 Å². The normalized spacial score (nSPS) is 11.7. The molecule has 1 unspecified atom stereocenters. The number of nitrogens with one attached hydrogen (secondary N) is 1. The third-order valence-corrected chi connectivity index (χ3v) is 4.47. The van der Waals surface area contributed by atoms with Gasteiger partial charge in [0.2, 0.25) is 0 Å². The first-order chi connectivity index (χ1) is 13.9. The third kappa shape index (κ3) is 4.11. The summed E-state index contributed by atoms with van der Waals surface area (Å²) in [5.74, 6) is -0.802. The minimum atomic E-state index is -1.01. The van der Waals surface area contributed by atoms with Crippen molar-refractivity contribution < 1.29 is 18.7 Å². The second-order valence-electron chi connectivity index (χ2n) is 6.51. The highest BCUT2D eigenvalue weighted by atomic mass is 16.5. The van der Waals surface area contributed by atoms with Crippen LogP contribution in [0.1, 0.15) is 22.8 Å². The van der Waals surface area contributed by atoms with Crippen molar-refractivity contribution in [3.8, 4) is 11.3 Å². The molecule has 0 saturated carbocycles. The van der Waals surface area contributed by atoms with E-state index in [4.69, 9.17) is 9.15 Å². The number of fused-ring (bicyclic) bond motifs is 1. The van der Waals surface area contributed by atoms with Gasteiger partial charge in [0.1, 0.15) is 11.3 Å². The van der Waals surface area contributed by atoms with E-state index in [1.54, 1.807) is 19.1 Å². The standard InChI is InChI=1S/C23H21NO5/c1-4-13-24-22(26)15(3)28-23(27)18-12-8-11-17-19(25)14(2)20(29-21(17)18)16-9-6-5-7-10-16/h4-12,15H,1,13H2,2-3H3,(H,24,26). The SMILES string of the molecule is C=CCNC(=O)C(C)OC(=O)c1cccc2c(=O)c(C)c(-c3ccccc3)oc12. The molecular formula is C23H21NO5. The number of carbonyl (C=O) groups excluding carboxylic acids is 2. The van der Waals surface area contributed by atoms with E-state index >= 15 is 0 Å². The first-order valence-electron chi connectivity index (χ1n) is 9.15. The predicted molar refractivity (Wildman–Crippen MR) is 111 cm³/mol. The summed E-state index contributed by atoms with van der Waals surface area (Å²) < 4.78 is 11.3. The van der Waals surface area contributed by atoms with Crippen LogP contribution in [0.3, 0.4) is 0 Å². The zero-order valence-electron chi connectivity index (χ0n) is 16.2. The summed E-state index contributed by atoms with van der Waals surface area (Å²) in [7, 11) is 0. The maximum atomic E-state index is 12.9. The second kappa shape index (κ2) is 8.56. The number of esters is 1. The van der Waals surface area contributed by atoms with Gasteiger partial charge in [-0.15, -0.1) is 6.58 Å². The van der Waals surface area contributed by atoms with Crippen molar-refractivity contribution in [3.05, 3.63) is 82.5 Å². The molecule has 0 bridgehead atoms. The highest BCUT2D eigenvalue weighted by molar-refractivity contribution is 6.03. The van der Waals surface area contributed by atoms with Gasteiger partial charge < -0.3 is 14.5 Å². The summed E-state index contributed by atoms with van der Waals surface area (Å²) in [5.41, 5.74) is 1.16. The van der Waals surface area contributed by atoms with Gasteiger partial charge in [0.25, 0.3) is 5.91 Å². The van der Waals surface area contributed by atoms with Gasteiger partial charge in [-0.25, -0.2) is 4.79 Å². The predicted octanol–water partition coefficient (Wildman–Crippen LogP) is 3.62. The minimum Gasteiger partial charge on any atom is -0.455 e. The first-order valence-corrected chi connectivity index (χ1v) is 9.15. The Morgan fingerprint density at radius 1 is 1.17 bits per heavy atom. The second-order valence-corrected chi connectivity index (χ2v) is 6.51. The molecule has 3 rings (SSSR count). The lowest BCUT2D eigenvalue weighted by Crippen LogP contribution is -2.35. The van der Waals surface area contributed by atoms with Crippen molar-refractivity contribution >= 4 is 22.8 Å². The van der Waals surface area contributed by atoms with E-state index in [0.29, 0.717) is 11.3 Å². The average Bonchev–Trinajstić information content (AvgIpc) is 2.74. The number of rotatable bonds is 6. The molecule has 0 spiro atoms.